The molecule has 6 nitrogen and oxygen atoms in total. The SMILES string of the molecule is CCCCCCCn1c(-c2ccccc2)c(-c2ccccc2)n(-c2ccccc2)c1=O.CCO[PH](=O)OCC. The molecule has 0 unspecified atom stereocenters. The zero-order chi connectivity index (χ0) is 27.9. The molecule has 7 heteroatoms. The summed E-state index contributed by atoms with van der Waals surface area (Å²) in [4.78, 5) is 13.8. The molecular weight excluding hydrogens is 507 g/mol. The Morgan fingerprint density at radius 2 is 1.13 bits per heavy atom. The average Bonchev–Trinajstić information content (AvgIpc) is 3.27. The molecule has 0 bridgehead atoms. The molecule has 0 fully saturated rings. The van der Waals surface area contributed by atoms with E-state index in [4.69, 9.17) is 0 Å². The van der Waals surface area contributed by atoms with Gasteiger partial charge in [-0.2, -0.15) is 0 Å². The third-order valence-electron chi connectivity index (χ3n) is 6.26. The summed E-state index contributed by atoms with van der Waals surface area (Å²) in [5.41, 5.74) is 4.99. The Labute approximate surface area is 233 Å². The lowest BCUT2D eigenvalue weighted by molar-refractivity contribution is 0.243. The van der Waals surface area contributed by atoms with E-state index in [0.717, 1.165) is 47.6 Å². The molecule has 39 heavy (non-hydrogen) atoms. The number of rotatable bonds is 13. The maximum Gasteiger partial charge on any atom is 0.333 e. The first-order valence-electron chi connectivity index (χ1n) is 13.9. The molecule has 0 saturated heterocycles. The summed E-state index contributed by atoms with van der Waals surface area (Å²) in [6.45, 7) is 7.43. The highest BCUT2D eigenvalue weighted by molar-refractivity contribution is 7.33. The molecule has 0 aliphatic rings. The van der Waals surface area contributed by atoms with E-state index in [1.54, 1.807) is 13.8 Å². The molecule has 0 N–H and O–H groups in total. The van der Waals surface area contributed by atoms with E-state index in [2.05, 4.69) is 40.2 Å². The first kappa shape index (κ1) is 30.4. The Balaban J connectivity index is 0.000000459. The van der Waals surface area contributed by atoms with Crippen LogP contribution in [-0.2, 0) is 20.2 Å². The van der Waals surface area contributed by atoms with Gasteiger partial charge in [0.1, 0.15) is 0 Å². The van der Waals surface area contributed by atoms with Crippen LogP contribution in [-0.4, -0.2) is 22.3 Å². The molecule has 0 radical (unpaired) electrons. The Bertz CT molecular complexity index is 1310. The molecule has 208 valence electrons. The van der Waals surface area contributed by atoms with Gasteiger partial charge in [-0.25, -0.2) is 4.79 Å². The lowest BCUT2D eigenvalue weighted by atomic mass is 10.0. The lowest BCUT2D eigenvalue weighted by Gasteiger charge is -2.12. The molecule has 1 aromatic heterocycles. The number of para-hydroxylation sites is 1. The lowest BCUT2D eigenvalue weighted by Crippen LogP contribution is -2.24. The van der Waals surface area contributed by atoms with Crippen LogP contribution in [0, 0.1) is 0 Å². The topological polar surface area (TPSA) is 62.5 Å². The molecule has 0 spiro atoms. The minimum atomic E-state index is -2.14. The minimum absolute atomic E-state index is 0.0272. The number of hydrogen-bond donors (Lipinski definition) is 0. The zero-order valence-corrected chi connectivity index (χ0v) is 24.3. The van der Waals surface area contributed by atoms with Crippen LogP contribution in [0.5, 0.6) is 0 Å². The summed E-state index contributed by atoms with van der Waals surface area (Å²) in [6, 6.07) is 30.5. The van der Waals surface area contributed by atoms with Gasteiger partial charge in [-0.15, -0.1) is 0 Å². The Morgan fingerprint density at radius 1 is 0.641 bits per heavy atom. The monoisotopic (exact) mass is 548 g/mol. The number of imidazole rings is 1. The van der Waals surface area contributed by atoms with Gasteiger partial charge in [0.2, 0.25) is 0 Å². The van der Waals surface area contributed by atoms with Gasteiger partial charge in [0.15, 0.2) is 0 Å². The molecule has 0 saturated carbocycles. The molecule has 3 aromatic carbocycles. The average molecular weight is 549 g/mol. The van der Waals surface area contributed by atoms with Crippen molar-refractivity contribution in [3.63, 3.8) is 0 Å². The quantitative estimate of drug-likeness (QED) is 0.124. The fourth-order valence-electron chi connectivity index (χ4n) is 4.47. The van der Waals surface area contributed by atoms with Crippen molar-refractivity contribution in [1.82, 2.24) is 9.13 Å². The number of benzene rings is 3. The van der Waals surface area contributed by atoms with Crippen molar-refractivity contribution in [2.75, 3.05) is 13.2 Å². The smallest absolute Gasteiger partial charge is 0.311 e. The highest BCUT2D eigenvalue weighted by atomic mass is 31.1. The standard InChI is InChI=1S/C28H30N2O.C4H11O3P/c1-2-3-4-5-15-22-29-26(23-16-9-6-10-17-23)27(24-18-11-7-12-19-24)30(28(29)31)25-20-13-8-14-21-25;1-3-6-8(5)7-4-2/h6-14,16-21H,2-5,15,22H2,1H3;8H,3-4H2,1-2H3. The van der Waals surface area contributed by atoms with E-state index in [9.17, 15) is 9.36 Å². The minimum Gasteiger partial charge on any atom is -0.311 e. The summed E-state index contributed by atoms with van der Waals surface area (Å²) in [5, 5.41) is 0. The zero-order valence-electron chi connectivity index (χ0n) is 23.3. The van der Waals surface area contributed by atoms with Crippen molar-refractivity contribution >= 4 is 8.25 Å². The van der Waals surface area contributed by atoms with Crippen LogP contribution >= 0.6 is 8.25 Å². The van der Waals surface area contributed by atoms with Crippen molar-refractivity contribution in [2.24, 2.45) is 0 Å². The first-order valence-corrected chi connectivity index (χ1v) is 15.2. The molecule has 1 heterocycles. The van der Waals surface area contributed by atoms with Crippen LogP contribution < -0.4 is 5.69 Å². The maximum atomic E-state index is 13.8. The Hall–Kier alpha value is -3.18. The van der Waals surface area contributed by atoms with Gasteiger partial charge in [0.05, 0.1) is 30.3 Å². The van der Waals surface area contributed by atoms with Crippen molar-refractivity contribution in [3.8, 4) is 28.2 Å². The summed E-state index contributed by atoms with van der Waals surface area (Å²) >= 11 is 0. The summed E-state index contributed by atoms with van der Waals surface area (Å²) in [5.74, 6) is 0. The van der Waals surface area contributed by atoms with Crippen molar-refractivity contribution in [2.45, 2.75) is 59.4 Å². The second kappa shape index (κ2) is 16.7. The van der Waals surface area contributed by atoms with Gasteiger partial charge in [0.25, 0.3) is 0 Å². The van der Waals surface area contributed by atoms with E-state index in [-0.39, 0.29) is 5.69 Å². The highest BCUT2D eigenvalue weighted by Gasteiger charge is 2.23. The number of nitrogens with zero attached hydrogens (tertiary/aromatic N) is 2. The van der Waals surface area contributed by atoms with Crippen LogP contribution in [0.15, 0.2) is 95.8 Å². The molecule has 0 atom stereocenters. The van der Waals surface area contributed by atoms with Crippen LogP contribution in [0.25, 0.3) is 28.2 Å². The fourth-order valence-corrected chi connectivity index (χ4v) is 5.03. The number of unbranched alkanes of at least 4 members (excludes halogenated alkanes) is 4. The van der Waals surface area contributed by atoms with Gasteiger partial charge >= 0.3 is 13.9 Å². The van der Waals surface area contributed by atoms with Crippen LogP contribution in [0.2, 0.25) is 0 Å². The molecule has 0 aliphatic heterocycles. The van der Waals surface area contributed by atoms with Gasteiger partial charge in [-0.3, -0.25) is 13.7 Å². The normalized spacial score (nSPS) is 10.9. The predicted octanol–water partition coefficient (Wildman–Crippen LogP) is 8.39. The molecular formula is C32H41N2O4P. The van der Waals surface area contributed by atoms with Crippen LogP contribution in [0.3, 0.4) is 0 Å². The van der Waals surface area contributed by atoms with Crippen molar-refractivity contribution < 1.29 is 13.6 Å². The number of hydrogen-bond acceptors (Lipinski definition) is 4. The Morgan fingerprint density at radius 3 is 1.64 bits per heavy atom. The van der Waals surface area contributed by atoms with Crippen molar-refractivity contribution in [1.29, 1.82) is 0 Å². The molecule has 4 rings (SSSR count). The largest absolute Gasteiger partial charge is 0.333 e. The first-order chi connectivity index (χ1) is 19.1. The van der Waals surface area contributed by atoms with Gasteiger partial charge < -0.3 is 9.05 Å². The van der Waals surface area contributed by atoms with Crippen LogP contribution in [0.4, 0.5) is 0 Å². The van der Waals surface area contributed by atoms with Gasteiger partial charge in [-0.1, -0.05) is 111 Å². The summed E-state index contributed by atoms with van der Waals surface area (Å²) in [7, 11) is -2.14. The fraction of sp³-hybridized carbons (Fsp3) is 0.344. The second-order valence-corrected chi connectivity index (χ2v) is 10.1. The molecule has 4 aromatic rings. The molecule has 0 amide bonds. The molecule has 0 aliphatic carbocycles. The number of aromatic nitrogens is 2. The second-order valence-electron chi connectivity index (χ2n) is 9.06. The van der Waals surface area contributed by atoms with E-state index in [1.807, 2.05) is 75.9 Å². The third kappa shape index (κ3) is 8.66. The third-order valence-corrected chi connectivity index (χ3v) is 7.31. The van der Waals surface area contributed by atoms with Crippen molar-refractivity contribution in [3.05, 3.63) is 101 Å². The van der Waals surface area contributed by atoms with Gasteiger partial charge in [0, 0.05) is 17.7 Å². The van der Waals surface area contributed by atoms with Gasteiger partial charge in [-0.05, 0) is 32.4 Å². The van der Waals surface area contributed by atoms with E-state index >= 15 is 0 Å². The summed E-state index contributed by atoms with van der Waals surface area (Å²) < 4.78 is 23.5. The maximum absolute atomic E-state index is 13.8. The van der Waals surface area contributed by atoms with E-state index in [0.29, 0.717) is 13.2 Å². The van der Waals surface area contributed by atoms with E-state index in [1.165, 1.54) is 19.3 Å². The van der Waals surface area contributed by atoms with E-state index < -0.39 is 8.25 Å². The highest BCUT2D eigenvalue weighted by Crippen LogP contribution is 2.33. The Kier molecular flexibility index (Phi) is 13.0. The summed E-state index contributed by atoms with van der Waals surface area (Å²) in [6.07, 6.45) is 5.84. The predicted molar refractivity (Wildman–Crippen MR) is 162 cm³/mol. The van der Waals surface area contributed by atoms with Crippen LogP contribution in [0.1, 0.15) is 52.9 Å².